The molecule has 0 saturated heterocycles. The van der Waals surface area contributed by atoms with Gasteiger partial charge in [-0.05, 0) is 50.1 Å². The number of anilines is 4. The molecule has 0 radical (unpaired) electrons. The highest BCUT2D eigenvalue weighted by atomic mass is 32.1. The van der Waals surface area contributed by atoms with Crippen LogP contribution in [0, 0.1) is 32.1 Å². The molecule has 0 aliphatic rings. The van der Waals surface area contributed by atoms with Crippen LogP contribution in [0.4, 0.5) is 22.1 Å². The van der Waals surface area contributed by atoms with Crippen molar-refractivity contribution in [3.63, 3.8) is 0 Å². The number of benzene rings is 2. The van der Waals surface area contributed by atoms with Gasteiger partial charge >= 0.3 is 0 Å². The first-order chi connectivity index (χ1) is 12.9. The number of thiophene rings is 1. The number of nitrogen functional groups attached to an aromatic ring is 1. The Kier molecular flexibility index (Phi) is 5.15. The quantitative estimate of drug-likeness (QED) is 0.589. The van der Waals surface area contributed by atoms with Crippen molar-refractivity contribution in [1.82, 2.24) is 0 Å². The van der Waals surface area contributed by atoms with E-state index in [9.17, 15) is 10.1 Å². The topological polar surface area (TPSA) is 90.9 Å². The largest absolute Gasteiger partial charge is 0.396 e. The third-order valence-corrected chi connectivity index (χ3v) is 5.55. The van der Waals surface area contributed by atoms with E-state index in [4.69, 9.17) is 5.73 Å². The zero-order chi connectivity index (χ0) is 19.6. The van der Waals surface area contributed by atoms with Gasteiger partial charge in [0.25, 0.3) is 5.91 Å². The Morgan fingerprint density at radius 2 is 1.81 bits per heavy atom. The van der Waals surface area contributed by atoms with Crippen molar-refractivity contribution in [3.8, 4) is 6.07 Å². The smallest absolute Gasteiger partial charge is 0.267 e. The number of aryl methyl sites for hydroxylation is 2. The molecule has 0 saturated carbocycles. The Morgan fingerprint density at radius 3 is 2.48 bits per heavy atom. The van der Waals surface area contributed by atoms with Gasteiger partial charge < -0.3 is 16.4 Å². The molecule has 6 heteroatoms. The number of hydrogen-bond acceptors (Lipinski definition) is 5. The monoisotopic (exact) mass is 376 g/mol. The van der Waals surface area contributed by atoms with E-state index in [1.807, 2.05) is 63.2 Å². The molecule has 3 rings (SSSR count). The van der Waals surface area contributed by atoms with Crippen molar-refractivity contribution in [2.24, 2.45) is 0 Å². The Balaban J connectivity index is 1.91. The van der Waals surface area contributed by atoms with Gasteiger partial charge in [-0.15, -0.1) is 11.3 Å². The van der Waals surface area contributed by atoms with E-state index < -0.39 is 0 Å². The molecule has 4 N–H and O–H groups in total. The number of rotatable bonds is 4. The predicted molar refractivity (Wildman–Crippen MR) is 112 cm³/mol. The van der Waals surface area contributed by atoms with E-state index in [1.54, 1.807) is 0 Å². The number of amides is 1. The number of nitriles is 1. The first-order valence-electron chi connectivity index (χ1n) is 8.44. The lowest BCUT2D eigenvalue weighted by atomic mass is 10.1. The van der Waals surface area contributed by atoms with Crippen molar-refractivity contribution in [2.75, 3.05) is 16.4 Å². The minimum absolute atomic E-state index is 0.194. The fraction of sp³-hybridized carbons (Fsp3) is 0.143. The molecule has 0 aliphatic carbocycles. The lowest BCUT2D eigenvalue weighted by Gasteiger charge is -2.09. The number of carbonyl (C=O) groups is 1. The maximum Gasteiger partial charge on any atom is 0.267 e. The van der Waals surface area contributed by atoms with Gasteiger partial charge in [0.05, 0.1) is 5.69 Å². The van der Waals surface area contributed by atoms with Crippen molar-refractivity contribution in [3.05, 3.63) is 69.6 Å². The summed E-state index contributed by atoms with van der Waals surface area (Å²) in [4.78, 5) is 13.1. The number of carbonyl (C=O) groups excluding carboxylic acids is 1. The Morgan fingerprint density at radius 1 is 1.11 bits per heavy atom. The van der Waals surface area contributed by atoms with Crippen LogP contribution in [-0.2, 0) is 0 Å². The van der Waals surface area contributed by atoms with Crippen LogP contribution < -0.4 is 16.4 Å². The van der Waals surface area contributed by atoms with E-state index >= 15 is 0 Å². The van der Waals surface area contributed by atoms with Crippen LogP contribution in [-0.4, -0.2) is 5.91 Å². The molecular weight excluding hydrogens is 356 g/mol. The van der Waals surface area contributed by atoms with E-state index in [2.05, 4.69) is 16.7 Å². The van der Waals surface area contributed by atoms with Crippen LogP contribution in [0.3, 0.4) is 0 Å². The summed E-state index contributed by atoms with van der Waals surface area (Å²) in [5.41, 5.74) is 11.4. The highest BCUT2D eigenvalue weighted by Crippen LogP contribution is 2.37. The maximum absolute atomic E-state index is 12.8. The Labute approximate surface area is 162 Å². The molecule has 136 valence electrons. The molecule has 5 nitrogen and oxygen atoms in total. The van der Waals surface area contributed by atoms with E-state index in [1.165, 1.54) is 11.3 Å². The second-order valence-electron chi connectivity index (χ2n) is 6.35. The molecular formula is C21H20N4OS. The molecule has 0 fully saturated rings. The highest BCUT2D eigenvalue weighted by molar-refractivity contribution is 7.19. The Hall–Kier alpha value is -3.30. The average Bonchev–Trinajstić information content (AvgIpc) is 2.96. The molecule has 0 aliphatic heterocycles. The molecule has 1 aromatic heterocycles. The number of nitrogens with two attached hydrogens (primary N) is 1. The van der Waals surface area contributed by atoms with Gasteiger partial charge in [-0.2, -0.15) is 5.26 Å². The first-order valence-corrected chi connectivity index (χ1v) is 9.26. The zero-order valence-electron chi connectivity index (χ0n) is 15.4. The first kappa shape index (κ1) is 18.5. The summed E-state index contributed by atoms with van der Waals surface area (Å²) in [6.07, 6.45) is 0. The second kappa shape index (κ2) is 7.52. The summed E-state index contributed by atoms with van der Waals surface area (Å²) in [6, 6.07) is 15.6. The van der Waals surface area contributed by atoms with Gasteiger partial charge in [0.15, 0.2) is 0 Å². The normalized spacial score (nSPS) is 10.3. The SMILES string of the molecule is Cc1ccc(Nc2sc(C(=O)Nc3cccc(C)c3C)c(N)c2C#N)cc1. The zero-order valence-corrected chi connectivity index (χ0v) is 16.2. The molecule has 1 heterocycles. The van der Waals surface area contributed by atoms with E-state index in [-0.39, 0.29) is 17.2 Å². The van der Waals surface area contributed by atoms with Crippen LogP contribution in [0.15, 0.2) is 42.5 Å². The van der Waals surface area contributed by atoms with Crippen LogP contribution in [0.5, 0.6) is 0 Å². The molecule has 2 aromatic carbocycles. The van der Waals surface area contributed by atoms with Crippen molar-refractivity contribution >= 4 is 39.3 Å². The summed E-state index contributed by atoms with van der Waals surface area (Å²) in [7, 11) is 0. The molecule has 0 spiro atoms. The summed E-state index contributed by atoms with van der Waals surface area (Å²) < 4.78 is 0. The summed E-state index contributed by atoms with van der Waals surface area (Å²) in [5, 5.41) is 16.1. The fourth-order valence-corrected chi connectivity index (χ4v) is 3.63. The maximum atomic E-state index is 12.8. The van der Waals surface area contributed by atoms with E-state index in [0.717, 1.165) is 28.1 Å². The summed E-state index contributed by atoms with van der Waals surface area (Å²) in [5.74, 6) is -0.320. The van der Waals surface area contributed by atoms with Gasteiger partial charge in [-0.3, -0.25) is 4.79 Å². The molecule has 3 aromatic rings. The number of nitrogens with one attached hydrogen (secondary N) is 2. The van der Waals surface area contributed by atoms with Gasteiger partial charge in [-0.25, -0.2) is 0 Å². The van der Waals surface area contributed by atoms with Crippen molar-refractivity contribution in [1.29, 1.82) is 5.26 Å². The fourth-order valence-electron chi connectivity index (χ4n) is 2.65. The second-order valence-corrected chi connectivity index (χ2v) is 7.37. The van der Waals surface area contributed by atoms with Crippen LogP contribution >= 0.6 is 11.3 Å². The number of nitrogens with zero attached hydrogens (tertiary/aromatic N) is 1. The highest BCUT2D eigenvalue weighted by Gasteiger charge is 2.22. The van der Waals surface area contributed by atoms with Gasteiger partial charge in [0.2, 0.25) is 0 Å². The summed E-state index contributed by atoms with van der Waals surface area (Å²) in [6.45, 7) is 5.94. The van der Waals surface area contributed by atoms with Crippen LogP contribution in [0.25, 0.3) is 0 Å². The standard InChI is InChI=1S/C21H20N4OS/c1-12-7-9-15(10-8-12)24-21-16(11-22)18(23)19(27-21)20(26)25-17-6-4-5-13(2)14(17)3/h4-10,24H,23H2,1-3H3,(H,25,26). The van der Waals surface area contributed by atoms with Gasteiger partial charge in [0, 0.05) is 11.4 Å². The summed E-state index contributed by atoms with van der Waals surface area (Å²) >= 11 is 1.18. The minimum atomic E-state index is -0.320. The molecule has 0 atom stereocenters. The average molecular weight is 376 g/mol. The van der Waals surface area contributed by atoms with Crippen LogP contribution in [0.2, 0.25) is 0 Å². The molecule has 1 amide bonds. The van der Waals surface area contributed by atoms with E-state index in [0.29, 0.717) is 9.88 Å². The van der Waals surface area contributed by atoms with Gasteiger partial charge in [-0.1, -0.05) is 29.8 Å². The van der Waals surface area contributed by atoms with Crippen LogP contribution in [0.1, 0.15) is 31.9 Å². The third kappa shape index (κ3) is 3.78. The van der Waals surface area contributed by atoms with Crippen molar-refractivity contribution in [2.45, 2.75) is 20.8 Å². The van der Waals surface area contributed by atoms with Crippen molar-refractivity contribution < 1.29 is 4.79 Å². The number of hydrogen-bond donors (Lipinski definition) is 3. The lowest BCUT2D eigenvalue weighted by molar-refractivity contribution is 0.103. The molecule has 0 unspecified atom stereocenters. The Bertz CT molecular complexity index is 1050. The predicted octanol–water partition coefficient (Wildman–Crippen LogP) is 5.12. The lowest BCUT2D eigenvalue weighted by Crippen LogP contribution is -2.13. The molecule has 27 heavy (non-hydrogen) atoms. The minimum Gasteiger partial charge on any atom is -0.396 e. The van der Waals surface area contributed by atoms with Gasteiger partial charge in [0.1, 0.15) is 21.5 Å². The molecule has 0 bridgehead atoms. The third-order valence-electron chi connectivity index (χ3n) is 4.43.